The van der Waals surface area contributed by atoms with Gasteiger partial charge in [0.25, 0.3) is 5.91 Å². The third kappa shape index (κ3) is 2.82. The fourth-order valence-electron chi connectivity index (χ4n) is 2.87. The van der Waals surface area contributed by atoms with E-state index in [-0.39, 0.29) is 17.7 Å². The minimum absolute atomic E-state index is 0.0263. The number of carbonyl (C=O) groups is 2. The fraction of sp³-hybridized carbons (Fsp3) is 0.533. The van der Waals surface area contributed by atoms with Crippen molar-refractivity contribution in [3.63, 3.8) is 0 Å². The van der Waals surface area contributed by atoms with E-state index in [2.05, 4.69) is 19.9 Å². The number of aryl methyl sites for hydroxylation is 1. The molecule has 0 unspecified atom stereocenters. The highest BCUT2D eigenvalue weighted by Crippen LogP contribution is 2.32. The van der Waals surface area contributed by atoms with Gasteiger partial charge in [-0.1, -0.05) is 22.2 Å². The zero-order valence-electron chi connectivity index (χ0n) is 13.2. The van der Waals surface area contributed by atoms with Crippen molar-refractivity contribution < 1.29 is 9.59 Å². The molecule has 24 heavy (non-hydrogen) atoms. The molecule has 0 aromatic carbocycles. The van der Waals surface area contributed by atoms with E-state index in [1.165, 1.54) is 11.3 Å². The molecule has 2 aliphatic rings. The summed E-state index contributed by atoms with van der Waals surface area (Å²) in [7, 11) is 0. The molecule has 2 aromatic rings. The highest BCUT2D eigenvalue weighted by molar-refractivity contribution is 7.15. The monoisotopic (exact) mass is 363 g/mol. The van der Waals surface area contributed by atoms with E-state index in [1.807, 2.05) is 0 Å². The molecule has 1 fully saturated rings. The third-order valence-corrected chi connectivity index (χ3v) is 6.38. The summed E-state index contributed by atoms with van der Waals surface area (Å²) >= 11 is 2.61. The normalized spacial score (nSPS) is 17.3. The maximum atomic E-state index is 12.6. The van der Waals surface area contributed by atoms with Gasteiger partial charge in [0.05, 0.1) is 17.9 Å². The lowest BCUT2D eigenvalue weighted by molar-refractivity contribution is -0.122. The number of nitrogens with one attached hydrogen (secondary N) is 1. The van der Waals surface area contributed by atoms with Crippen LogP contribution in [0.3, 0.4) is 0 Å². The third-order valence-electron chi connectivity index (χ3n) is 4.57. The number of amides is 2. The fourth-order valence-corrected chi connectivity index (χ4v) is 4.52. The molecule has 0 spiro atoms. The second-order valence-electron chi connectivity index (χ2n) is 6.17. The summed E-state index contributed by atoms with van der Waals surface area (Å²) in [6.45, 7) is 2.96. The van der Waals surface area contributed by atoms with E-state index in [9.17, 15) is 9.59 Å². The van der Waals surface area contributed by atoms with Crippen molar-refractivity contribution in [2.75, 3.05) is 11.9 Å². The van der Waals surface area contributed by atoms with Gasteiger partial charge in [0, 0.05) is 23.8 Å². The number of hydrogen-bond donors (Lipinski definition) is 1. The zero-order valence-corrected chi connectivity index (χ0v) is 14.9. The van der Waals surface area contributed by atoms with Crippen LogP contribution in [0.1, 0.15) is 45.2 Å². The van der Waals surface area contributed by atoms with Crippen molar-refractivity contribution in [1.29, 1.82) is 0 Å². The van der Waals surface area contributed by atoms with Crippen LogP contribution in [-0.2, 0) is 17.8 Å². The lowest BCUT2D eigenvalue weighted by Gasteiger charge is -2.25. The van der Waals surface area contributed by atoms with Crippen LogP contribution in [0.2, 0.25) is 0 Å². The van der Waals surface area contributed by atoms with E-state index in [0.717, 1.165) is 41.4 Å². The molecule has 0 bridgehead atoms. The van der Waals surface area contributed by atoms with Gasteiger partial charge < -0.3 is 10.2 Å². The highest BCUT2D eigenvalue weighted by Gasteiger charge is 2.29. The first-order valence-corrected chi connectivity index (χ1v) is 9.58. The second kappa shape index (κ2) is 6.21. The number of anilines is 1. The lowest BCUT2D eigenvalue weighted by atomic mass is 9.85. The lowest BCUT2D eigenvalue weighted by Crippen LogP contribution is -2.35. The molecule has 3 heterocycles. The number of hydrogen-bond acceptors (Lipinski definition) is 7. The topological polar surface area (TPSA) is 88.1 Å². The predicted molar refractivity (Wildman–Crippen MR) is 91.2 cm³/mol. The summed E-state index contributed by atoms with van der Waals surface area (Å²) in [5.41, 5.74) is 1.67. The summed E-state index contributed by atoms with van der Waals surface area (Å²) < 4.78 is 3.84. The van der Waals surface area contributed by atoms with Crippen LogP contribution in [0.5, 0.6) is 0 Å². The Kier molecular flexibility index (Phi) is 4.05. The van der Waals surface area contributed by atoms with Crippen LogP contribution in [0.15, 0.2) is 0 Å². The molecule has 7 nitrogen and oxygen atoms in total. The Balaban J connectivity index is 1.46. The van der Waals surface area contributed by atoms with Crippen LogP contribution in [-0.4, -0.2) is 37.8 Å². The van der Waals surface area contributed by atoms with Gasteiger partial charge in [-0.05, 0) is 31.3 Å². The summed E-state index contributed by atoms with van der Waals surface area (Å²) in [5.74, 6) is 0.194. The van der Waals surface area contributed by atoms with Gasteiger partial charge in [-0.15, -0.1) is 5.10 Å². The van der Waals surface area contributed by atoms with Crippen LogP contribution in [0.4, 0.5) is 5.13 Å². The first-order valence-electron chi connectivity index (χ1n) is 7.99. The molecular formula is C15H17N5O2S2. The van der Waals surface area contributed by atoms with Gasteiger partial charge in [-0.3, -0.25) is 9.59 Å². The van der Waals surface area contributed by atoms with Crippen LogP contribution in [0, 0.1) is 12.8 Å². The Hall–Kier alpha value is -1.87. The minimum atomic E-state index is -0.0263. The molecule has 9 heteroatoms. The van der Waals surface area contributed by atoms with E-state index >= 15 is 0 Å². The Morgan fingerprint density at radius 2 is 2.17 bits per heavy atom. The number of thiazole rings is 1. The Bertz CT molecular complexity index is 796. The van der Waals surface area contributed by atoms with Crippen molar-refractivity contribution in [3.05, 3.63) is 21.1 Å². The van der Waals surface area contributed by atoms with E-state index in [1.54, 1.807) is 11.8 Å². The van der Waals surface area contributed by atoms with Gasteiger partial charge in [0.2, 0.25) is 5.91 Å². The molecule has 126 valence electrons. The Morgan fingerprint density at radius 1 is 1.33 bits per heavy atom. The molecule has 1 aliphatic carbocycles. The minimum Gasteiger partial charge on any atom is -0.332 e. The van der Waals surface area contributed by atoms with Gasteiger partial charge in [0.1, 0.15) is 4.88 Å². The van der Waals surface area contributed by atoms with Gasteiger partial charge in [0.15, 0.2) is 5.13 Å². The number of aromatic nitrogens is 3. The standard InChI is InChI=1S/C15H17N5O2S2/c1-8-12(24-19-18-8)14(22)20-6-5-10-11(7-20)23-15(16-10)17-13(21)9-3-2-4-9/h9H,2-7H2,1H3,(H,16,17,21). The summed E-state index contributed by atoms with van der Waals surface area (Å²) in [5, 5.41) is 7.49. The number of nitrogens with zero attached hydrogens (tertiary/aromatic N) is 4. The van der Waals surface area contributed by atoms with E-state index in [4.69, 9.17) is 0 Å². The molecular weight excluding hydrogens is 346 g/mol. The van der Waals surface area contributed by atoms with Gasteiger partial charge in [-0.2, -0.15) is 0 Å². The maximum Gasteiger partial charge on any atom is 0.267 e. The molecule has 0 radical (unpaired) electrons. The average molecular weight is 363 g/mol. The van der Waals surface area contributed by atoms with Crippen LogP contribution in [0.25, 0.3) is 0 Å². The largest absolute Gasteiger partial charge is 0.332 e. The van der Waals surface area contributed by atoms with Crippen LogP contribution < -0.4 is 5.32 Å². The van der Waals surface area contributed by atoms with Crippen molar-refractivity contribution in [2.45, 2.75) is 39.2 Å². The van der Waals surface area contributed by atoms with E-state index < -0.39 is 0 Å². The molecule has 2 amide bonds. The van der Waals surface area contributed by atoms with Gasteiger partial charge in [-0.25, -0.2) is 4.98 Å². The summed E-state index contributed by atoms with van der Waals surface area (Å²) in [6, 6.07) is 0. The average Bonchev–Trinajstić information content (AvgIpc) is 3.09. The maximum absolute atomic E-state index is 12.6. The first kappa shape index (κ1) is 15.6. The smallest absolute Gasteiger partial charge is 0.267 e. The van der Waals surface area contributed by atoms with Crippen molar-refractivity contribution in [1.82, 2.24) is 19.5 Å². The summed E-state index contributed by atoms with van der Waals surface area (Å²) in [6.07, 6.45) is 3.79. The van der Waals surface area contributed by atoms with Crippen molar-refractivity contribution >= 4 is 39.8 Å². The zero-order chi connectivity index (χ0) is 16.7. The number of rotatable bonds is 3. The molecule has 1 N–H and O–H groups in total. The quantitative estimate of drug-likeness (QED) is 0.903. The summed E-state index contributed by atoms with van der Waals surface area (Å²) in [4.78, 5) is 32.6. The Labute approximate surface area is 147 Å². The molecule has 0 atom stereocenters. The molecule has 2 aromatic heterocycles. The first-order chi connectivity index (χ1) is 11.6. The molecule has 1 saturated carbocycles. The van der Waals surface area contributed by atoms with Crippen molar-refractivity contribution in [2.24, 2.45) is 5.92 Å². The number of fused-ring (bicyclic) bond motifs is 1. The SMILES string of the molecule is Cc1nnsc1C(=O)N1CCc2nc(NC(=O)C3CCC3)sc2C1. The number of carbonyl (C=O) groups excluding carboxylic acids is 2. The Morgan fingerprint density at radius 3 is 2.83 bits per heavy atom. The van der Waals surface area contributed by atoms with Gasteiger partial charge >= 0.3 is 0 Å². The highest BCUT2D eigenvalue weighted by atomic mass is 32.1. The van der Waals surface area contributed by atoms with Crippen LogP contribution >= 0.6 is 22.9 Å². The molecule has 4 rings (SSSR count). The second-order valence-corrected chi connectivity index (χ2v) is 8.01. The molecule has 0 saturated heterocycles. The predicted octanol–water partition coefficient (Wildman–Crippen LogP) is 2.24. The van der Waals surface area contributed by atoms with Crippen molar-refractivity contribution in [3.8, 4) is 0 Å². The molecule has 1 aliphatic heterocycles. The van der Waals surface area contributed by atoms with E-state index in [0.29, 0.717) is 35.2 Å².